The number of hydrogen-bond donors (Lipinski definition) is 2. The highest BCUT2D eigenvalue weighted by atomic mass is 32.2. The Morgan fingerprint density at radius 2 is 1.95 bits per heavy atom. The predicted molar refractivity (Wildman–Crippen MR) is 84.7 cm³/mol. The Hall–Kier alpha value is -0.910. The standard InChI is InChI=1S/C15H26N2O3S/c1-3-15(12(18)19)6-8-17(9-7-15)13(20)16-11-14(2)5-4-10-21-14/h3-11H2,1-2H3,(H,16,20)(H,18,19). The smallest absolute Gasteiger partial charge is 0.317 e. The fourth-order valence-electron chi connectivity index (χ4n) is 3.21. The highest BCUT2D eigenvalue weighted by Gasteiger charge is 2.41. The van der Waals surface area contributed by atoms with Gasteiger partial charge in [0.15, 0.2) is 0 Å². The molecule has 2 N–H and O–H groups in total. The van der Waals surface area contributed by atoms with E-state index in [0.29, 0.717) is 38.9 Å². The van der Waals surface area contributed by atoms with Crippen molar-refractivity contribution in [3.8, 4) is 0 Å². The number of nitrogens with zero attached hydrogens (tertiary/aromatic N) is 1. The molecule has 6 heteroatoms. The molecule has 1 unspecified atom stereocenters. The molecular weight excluding hydrogens is 288 g/mol. The summed E-state index contributed by atoms with van der Waals surface area (Å²) in [7, 11) is 0. The number of carbonyl (C=O) groups is 2. The van der Waals surface area contributed by atoms with Gasteiger partial charge >= 0.3 is 12.0 Å². The van der Waals surface area contributed by atoms with E-state index in [1.165, 1.54) is 12.2 Å². The third-order valence-corrected chi connectivity index (χ3v) is 6.59. The summed E-state index contributed by atoms with van der Waals surface area (Å²) < 4.78 is 0.166. The maximum atomic E-state index is 12.2. The second kappa shape index (κ2) is 6.46. The average molecular weight is 314 g/mol. The molecule has 0 aromatic heterocycles. The van der Waals surface area contributed by atoms with Gasteiger partial charge in [0, 0.05) is 24.4 Å². The molecule has 2 aliphatic rings. The molecule has 0 aromatic rings. The normalized spacial score (nSPS) is 28.4. The molecule has 0 bridgehead atoms. The molecule has 0 aliphatic carbocycles. The number of carbonyl (C=O) groups excluding carboxylic acids is 1. The first-order valence-corrected chi connectivity index (χ1v) is 8.79. The average Bonchev–Trinajstić information content (AvgIpc) is 2.92. The third kappa shape index (κ3) is 3.65. The fraction of sp³-hybridized carbons (Fsp3) is 0.867. The summed E-state index contributed by atoms with van der Waals surface area (Å²) >= 11 is 1.93. The van der Waals surface area contributed by atoms with Crippen LogP contribution in [-0.2, 0) is 4.79 Å². The lowest BCUT2D eigenvalue weighted by Crippen LogP contribution is -2.51. The van der Waals surface area contributed by atoms with Crippen molar-refractivity contribution in [2.24, 2.45) is 5.41 Å². The van der Waals surface area contributed by atoms with Crippen LogP contribution in [0.3, 0.4) is 0 Å². The molecule has 2 rings (SSSR count). The predicted octanol–water partition coefficient (Wildman–Crippen LogP) is 2.56. The number of piperidine rings is 1. The Kier molecular flexibility index (Phi) is 5.07. The zero-order valence-corrected chi connectivity index (χ0v) is 13.8. The van der Waals surface area contributed by atoms with Crippen LogP contribution in [0, 0.1) is 5.41 Å². The molecule has 2 amide bonds. The number of nitrogens with one attached hydrogen (secondary N) is 1. The lowest BCUT2D eigenvalue weighted by molar-refractivity contribution is -0.151. The van der Waals surface area contributed by atoms with Crippen molar-refractivity contribution < 1.29 is 14.7 Å². The zero-order valence-electron chi connectivity index (χ0n) is 13.0. The number of carboxylic acids is 1. The molecule has 2 aliphatic heterocycles. The third-order valence-electron chi connectivity index (χ3n) is 5.05. The van der Waals surface area contributed by atoms with Gasteiger partial charge in [-0.05, 0) is 44.8 Å². The minimum atomic E-state index is -0.722. The molecule has 1 atom stereocenters. The first kappa shape index (κ1) is 16.5. The molecule has 0 radical (unpaired) electrons. The second-order valence-electron chi connectivity index (χ2n) is 6.49. The summed E-state index contributed by atoms with van der Waals surface area (Å²) in [5.74, 6) is 0.452. The summed E-state index contributed by atoms with van der Waals surface area (Å²) in [5.41, 5.74) is -0.635. The van der Waals surface area contributed by atoms with E-state index in [9.17, 15) is 14.7 Å². The van der Waals surface area contributed by atoms with Crippen LogP contribution in [0.5, 0.6) is 0 Å². The van der Waals surface area contributed by atoms with Gasteiger partial charge in [0.2, 0.25) is 0 Å². The molecule has 2 saturated heterocycles. The molecule has 2 heterocycles. The van der Waals surface area contributed by atoms with Crippen molar-refractivity contribution in [2.75, 3.05) is 25.4 Å². The van der Waals surface area contributed by atoms with Crippen molar-refractivity contribution in [1.29, 1.82) is 0 Å². The monoisotopic (exact) mass is 314 g/mol. The number of likely N-dealkylation sites (tertiary alicyclic amines) is 1. The molecular formula is C15H26N2O3S. The summed E-state index contributed by atoms with van der Waals surface area (Å²) in [6.45, 7) is 5.90. The fourth-order valence-corrected chi connectivity index (χ4v) is 4.45. The summed E-state index contributed by atoms with van der Waals surface area (Å²) in [6.07, 6.45) is 4.11. The van der Waals surface area contributed by atoms with Crippen LogP contribution in [0.15, 0.2) is 0 Å². The lowest BCUT2D eigenvalue weighted by atomic mass is 9.76. The van der Waals surface area contributed by atoms with Crippen LogP contribution in [0.25, 0.3) is 0 Å². The minimum absolute atomic E-state index is 0.0428. The number of urea groups is 1. The Morgan fingerprint density at radius 3 is 2.43 bits per heavy atom. The van der Waals surface area contributed by atoms with E-state index < -0.39 is 11.4 Å². The van der Waals surface area contributed by atoms with Crippen LogP contribution >= 0.6 is 11.8 Å². The maximum absolute atomic E-state index is 12.2. The van der Waals surface area contributed by atoms with E-state index in [4.69, 9.17) is 0 Å². The Labute approximate surface area is 130 Å². The molecule has 0 spiro atoms. The van der Waals surface area contributed by atoms with E-state index >= 15 is 0 Å². The van der Waals surface area contributed by atoms with Crippen molar-refractivity contribution in [1.82, 2.24) is 10.2 Å². The number of hydrogen-bond acceptors (Lipinski definition) is 3. The first-order valence-electron chi connectivity index (χ1n) is 7.81. The summed E-state index contributed by atoms with van der Waals surface area (Å²) in [6, 6.07) is -0.0428. The second-order valence-corrected chi connectivity index (χ2v) is 8.17. The van der Waals surface area contributed by atoms with Gasteiger partial charge in [-0.15, -0.1) is 0 Å². The molecule has 120 valence electrons. The number of thioether (sulfide) groups is 1. The molecule has 21 heavy (non-hydrogen) atoms. The SMILES string of the molecule is CCC1(C(=O)O)CCN(C(=O)NCC2(C)CCCS2)CC1. The highest BCUT2D eigenvalue weighted by Crippen LogP contribution is 2.37. The van der Waals surface area contributed by atoms with E-state index in [1.54, 1.807) is 4.90 Å². The van der Waals surface area contributed by atoms with Crippen molar-refractivity contribution >= 4 is 23.8 Å². The Bertz CT molecular complexity index is 400. The van der Waals surface area contributed by atoms with Crippen molar-refractivity contribution in [2.45, 2.75) is 50.7 Å². The molecule has 5 nitrogen and oxygen atoms in total. The van der Waals surface area contributed by atoms with Gasteiger partial charge in [0.1, 0.15) is 0 Å². The van der Waals surface area contributed by atoms with Gasteiger partial charge in [-0.1, -0.05) is 6.92 Å². The molecule has 2 fully saturated rings. The lowest BCUT2D eigenvalue weighted by Gasteiger charge is -2.38. The first-order chi connectivity index (χ1) is 9.91. The molecule has 0 saturated carbocycles. The minimum Gasteiger partial charge on any atom is -0.481 e. The Morgan fingerprint density at radius 1 is 1.29 bits per heavy atom. The number of amides is 2. The van der Waals surface area contributed by atoms with Crippen molar-refractivity contribution in [3.05, 3.63) is 0 Å². The van der Waals surface area contributed by atoms with Gasteiger partial charge in [-0.3, -0.25) is 4.79 Å². The van der Waals surface area contributed by atoms with Crippen LogP contribution in [-0.4, -0.2) is 52.1 Å². The number of carboxylic acid groups (broad SMARTS) is 1. The van der Waals surface area contributed by atoms with Gasteiger partial charge in [0.05, 0.1) is 5.41 Å². The maximum Gasteiger partial charge on any atom is 0.317 e. The quantitative estimate of drug-likeness (QED) is 0.837. The highest BCUT2D eigenvalue weighted by molar-refractivity contribution is 8.00. The van der Waals surface area contributed by atoms with E-state index in [-0.39, 0.29) is 10.8 Å². The largest absolute Gasteiger partial charge is 0.481 e. The Balaban J connectivity index is 1.81. The van der Waals surface area contributed by atoms with Crippen LogP contribution < -0.4 is 5.32 Å². The van der Waals surface area contributed by atoms with E-state index in [1.807, 2.05) is 18.7 Å². The summed E-state index contributed by atoms with van der Waals surface area (Å²) in [5, 5.41) is 12.4. The van der Waals surface area contributed by atoms with E-state index in [2.05, 4.69) is 12.2 Å². The molecule has 0 aromatic carbocycles. The van der Waals surface area contributed by atoms with E-state index in [0.717, 1.165) is 6.42 Å². The van der Waals surface area contributed by atoms with Crippen LogP contribution in [0.4, 0.5) is 4.79 Å². The number of aliphatic carboxylic acids is 1. The summed E-state index contributed by atoms with van der Waals surface area (Å²) in [4.78, 5) is 25.4. The van der Waals surface area contributed by atoms with Gasteiger partial charge in [-0.2, -0.15) is 11.8 Å². The van der Waals surface area contributed by atoms with Crippen molar-refractivity contribution in [3.63, 3.8) is 0 Å². The van der Waals surface area contributed by atoms with Gasteiger partial charge < -0.3 is 15.3 Å². The van der Waals surface area contributed by atoms with Crippen LogP contribution in [0.1, 0.15) is 46.0 Å². The van der Waals surface area contributed by atoms with Gasteiger partial charge in [-0.25, -0.2) is 4.79 Å². The zero-order chi connectivity index (χ0) is 15.5. The van der Waals surface area contributed by atoms with Crippen LogP contribution in [0.2, 0.25) is 0 Å². The van der Waals surface area contributed by atoms with Gasteiger partial charge in [0.25, 0.3) is 0 Å². The topological polar surface area (TPSA) is 69.6 Å². The number of rotatable bonds is 4.